The van der Waals surface area contributed by atoms with Gasteiger partial charge < -0.3 is 14.6 Å². The van der Waals surface area contributed by atoms with Gasteiger partial charge in [-0.25, -0.2) is 0 Å². The lowest BCUT2D eigenvalue weighted by Crippen LogP contribution is -2.09. The van der Waals surface area contributed by atoms with Crippen LogP contribution < -0.4 is 0 Å². The average molecular weight is 236 g/mol. The van der Waals surface area contributed by atoms with E-state index in [-0.39, 0.29) is 25.2 Å². The summed E-state index contributed by atoms with van der Waals surface area (Å²) in [6.45, 7) is 1.63. The molecule has 0 fully saturated rings. The zero-order valence-corrected chi connectivity index (χ0v) is 9.55. The number of aliphatic hydroxyl groups excluding tert-OH is 1. The molecule has 0 radical (unpaired) electrons. The van der Waals surface area contributed by atoms with Crippen molar-refractivity contribution in [1.82, 2.24) is 0 Å². The predicted molar refractivity (Wildman–Crippen MR) is 56.6 cm³/mol. The highest BCUT2D eigenvalue weighted by molar-refractivity contribution is 7.99. The van der Waals surface area contributed by atoms with Crippen LogP contribution in [-0.2, 0) is 19.1 Å². The van der Waals surface area contributed by atoms with E-state index >= 15 is 0 Å². The Bertz CT molecular complexity index is 195. The Hall–Kier alpha value is -0.750. The van der Waals surface area contributed by atoms with E-state index in [1.54, 1.807) is 0 Å². The lowest BCUT2D eigenvalue weighted by atomic mass is 10.5. The number of carbonyl (C=O) groups is 2. The van der Waals surface area contributed by atoms with Gasteiger partial charge in [-0.3, -0.25) is 9.59 Å². The first-order chi connectivity index (χ1) is 7.16. The Morgan fingerprint density at radius 2 is 1.93 bits per heavy atom. The van der Waals surface area contributed by atoms with Crippen molar-refractivity contribution in [3.63, 3.8) is 0 Å². The van der Waals surface area contributed by atoms with Gasteiger partial charge in [-0.15, -0.1) is 0 Å². The van der Waals surface area contributed by atoms with E-state index in [0.29, 0.717) is 24.5 Å². The summed E-state index contributed by atoms with van der Waals surface area (Å²) < 4.78 is 9.35. The minimum Gasteiger partial charge on any atom is -0.465 e. The molecular formula is C9H16O5S. The standard InChI is InChI=1S/C9H16O5S/c1-8(11)13-5-7-15-6-2-9(12)14-4-3-10/h10H,2-7H2,1H3. The van der Waals surface area contributed by atoms with Crippen LogP contribution in [0.5, 0.6) is 0 Å². The Morgan fingerprint density at radius 3 is 2.53 bits per heavy atom. The molecule has 0 amide bonds. The van der Waals surface area contributed by atoms with Crippen molar-refractivity contribution in [2.75, 3.05) is 31.3 Å². The van der Waals surface area contributed by atoms with Gasteiger partial charge >= 0.3 is 11.9 Å². The zero-order valence-electron chi connectivity index (χ0n) is 8.73. The van der Waals surface area contributed by atoms with Crippen LogP contribution in [0.15, 0.2) is 0 Å². The maximum atomic E-state index is 10.9. The summed E-state index contributed by atoms with van der Waals surface area (Å²) in [5.74, 6) is 0.695. The number of esters is 2. The van der Waals surface area contributed by atoms with Crippen LogP contribution in [0.2, 0.25) is 0 Å². The third-order valence-electron chi connectivity index (χ3n) is 1.34. The van der Waals surface area contributed by atoms with Gasteiger partial charge in [0.15, 0.2) is 0 Å². The van der Waals surface area contributed by atoms with E-state index in [2.05, 4.69) is 4.74 Å². The van der Waals surface area contributed by atoms with Crippen LogP contribution in [0, 0.1) is 0 Å². The van der Waals surface area contributed by atoms with Crippen LogP contribution in [0.4, 0.5) is 0 Å². The number of thioether (sulfide) groups is 1. The highest BCUT2D eigenvalue weighted by Crippen LogP contribution is 2.03. The maximum absolute atomic E-state index is 10.9. The molecule has 0 bridgehead atoms. The first-order valence-electron chi connectivity index (χ1n) is 4.64. The van der Waals surface area contributed by atoms with Crippen LogP contribution in [-0.4, -0.2) is 48.4 Å². The molecule has 0 aromatic carbocycles. The minimum absolute atomic E-state index is 0.0525. The Balaban J connectivity index is 3.16. The Kier molecular flexibility index (Phi) is 9.30. The summed E-state index contributed by atoms with van der Waals surface area (Å²) >= 11 is 1.52. The molecule has 0 aromatic rings. The molecule has 5 nitrogen and oxygen atoms in total. The molecule has 88 valence electrons. The molecule has 0 atom stereocenters. The minimum atomic E-state index is -0.316. The van der Waals surface area contributed by atoms with Crippen LogP contribution in [0.1, 0.15) is 13.3 Å². The first kappa shape index (κ1) is 14.2. The third kappa shape index (κ3) is 11.2. The van der Waals surface area contributed by atoms with Crippen molar-refractivity contribution in [3.05, 3.63) is 0 Å². The first-order valence-corrected chi connectivity index (χ1v) is 5.80. The molecular weight excluding hydrogens is 220 g/mol. The highest BCUT2D eigenvalue weighted by Gasteiger charge is 2.01. The van der Waals surface area contributed by atoms with Gasteiger partial charge in [0.2, 0.25) is 0 Å². The number of hydrogen-bond donors (Lipinski definition) is 1. The molecule has 0 rings (SSSR count). The fourth-order valence-electron chi connectivity index (χ4n) is 0.734. The maximum Gasteiger partial charge on any atom is 0.306 e. The van der Waals surface area contributed by atoms with Crippen LogP contribution >= 0.6 is 11.8 Å². The molecule has 15 heavy (non-hydrogen) atoms. The highest BCUT2D eigenvalue weighted by atomic mass is 32.2. The normalized spacial score (nSPS) is 9.73. The number of rotatable bonds is 8. The van der Waals surface area contributed by atoms with Crippen molar-refractivity contribution in [2.24, 2.45) is 0 Å². The fraction of sp³-hybridized carbons (Fsp3) is 0.778. The molecule has 1 N–H and O–H groups in total. The second-order valence-corrected chi connectivity index (χ2v) is 3.87. The van der Waals surface area contributed by atoms with Crippen molar-refractivity contribution in [2.45, 2.75) is 13.3 Å². The summed E-state index contributed by atoms with van der Waals surface area (Å²) in [6.07, 6.45) is 0.310. The van der Waals surface area contributed by atoms with Crippen LogP contribution in [0.25, 0.3) is 0 Å². The molecule has 0 aromatic heterocycles. The lowest BCUT2D eigenvalue weighted by Gasteiger charge is -2.03. The summed E-state index contributed by atoms with van der Waals surface area (Å²) in [4.78, 5) is 21.3. The van der Waals surface area contributed by atoms with Gasteiger partial charge in [-0.1, -0.05) is 0 Å². The number of hydrogen-bond acceptors (Lipinski definition) is 6. The van der Waals surface area contributed by atoms with E-state index in [1.165, 1.54) is 18.7 Å². The summed E-state index contributed by atoms with van der Waals surface area (Å²) in [7, 11) is 0. The van der Waals surface area contributed by atoms with E-state index in [4.69, 9.17) is 9.84 Å². The second-order valence-electron chi connectivity index (χ2n) is 2.65. The second kappa shape index (κ2) is 9.79. The lowest BCUT2D eigenvalue weighted by molar-refractivity contribution is -0.144. The number of carbonyl (C=O) groups excluding carboxylic acids is 2. The van der Waals surface area contributed by atoms with Gasteiger partial charge in [0.25, 0.3) is 0 Å². The molecule has 0 saturated heterocycles. The molecule has 0 saturated carbocycles. The van der Waals surface area contributed by atoms with Crippen molar-refractivity contribution >= 4 is 23.7 Å². The quantitative estimate of drug-likeness (QED) is 0.479. The monoisotopic (exact) mass is 236 g/mol. The fourth-order valence-corrected chi connectivity index (χ4v) is 1.45. The van der Waals surface area contributed by atoms with Crippen LogP contribution in [0.3, 0.4) is 0 Å². The predicted octanol–water partition coefficient (Wildman–Crippen LogP) is 0.208. The Labute approximate surface area is 93.1 Å². The zero-order chi connectivity index (χ0) is 11.5. The van der Waals surface area contributed by atoms with Gasteiger partial charge in [-0.05, 0) is 0 Å². The molecule has 0 aliphatic heterocycles. The Morgan fingerprint density at radius 1 is 1.20 bits per heavy atom. The molecule has 0 aliphatic rings. The van der Waals surface area contributed by atoms with E-state index in [1.807, 2.05) is 0 Å². The van der Waals surface area contributed by atoms with Gasteiger partial charge in [0.1, 0.15) is 13.2 Å². The van der Waals surface area contributed by atoms with E-state index < -0.39 is 0 Å². The van der Waals surface area contributed by atoms with Crippen molar-refractivity contribution in [3.8, 4) is 0 Å². The van der Waals surface area contributed by atoms with E-state index in [9.17, 15) is 9.59 Å². The summed E-state index contributed by atoms with van der Waals surface area (Å²) in [5.41, 5.74) is 0. The molecule has 0 unspecified atom stereocenters. The smallest absolute Gasteiger partial charge is 0.306 e. The molecule has 0 heterocycles. The topological polar surface area (TPSA) is 72.8 Å². The van der Waals surface area contributed by atoms with Crippen molar-refractivity contribution in [1.29, 1.82) is 0 Å². The largest absolute Gasteiger partial charge is 0.465 e. The van der Waals surface area contributed by atoms with Gasteiger partial charge in [0.05, 0.1) is 13.0 Å². The number of ether oxygens (including phenoxy) is 2. The number of aliphatic hydroxyl groups is 1. The van der Waals surface area contributed by atoms with Gasteiger partial charge in [0, 0.05) is 18.4 Å². The molecule has 6 heteroatoms. The summed E-state index contributed by atoms with van der Waals surface area (Å²) in [6, 6.07) is 0. The molecule has 0 spiro atoms. The third-order valence-corrected chi connectivity index (χ3v) is 2.29. The SMILES string of the molecule is CC(=O)OCCSCCC(=O)OCCO. The van der Waals surface area contributed by atoms with Gasteiger partial charge in [-0.2, -0.15) is 11.8 Å². The van der Waals surface area contributed by atoms with E-state index in [0.717, 1.165) is 0 Å². The van der Waals surface area contributed by atoms with Crippen molar-refractivity contribution < 1.29 is 24.2 Å². The average Bonchev–Trinajstić information content (AvgIpc) is 2.19. The molecule has 0 aliphatic carbocycles. The summed E-state index contributed by atoms with van der Waals surface area (Å²) in [5, 5.41) is 8.38.